The Morgan fingerprint density at radius 2 is 1.82 bits per heavy atom. The molecule has 0 aliphatic heterocycles. The lowest BCUT2D eigenvalue weighted by Gasteiger charge is -2.08. The summed E-state index contributed by atoms with van der Waals surface area (Å²) < 4.78 is 44.3. The predicted octanol–water partition coefficient (Wildman–Crippen LogP) is 6.62. The monoisotopic (exact) mass is 544 g/mol. The van der Waals surface area contributed by atoms with Crippen molar-refractivity contribution in [2.24, 2.45) is 0 Å². The molecule has 0 aliphatic rings. The number of hydrogen-bond acceptors (Lipinski definition) is 7. The number of thiophene rings is 1. The van der Waals surface area contributed by atoms with Gasteiger partial charge >= 0.3 is 6.18 Å². The summed E-state index contributed by atoms with van der Waals surface area (Å²) in [4.78, 5) is 18.4. The normalized spacial score (nSPS) is 12.5. The predicted molar refractivity (Wildman–Crippen MR) is 144 cm³/mol. The lowest BCUT2D eigenvalue weighted by Crippen LogP contribution is -2.07. The van der Waals surface area contributed by atoms with Gasteiger partial charge in [-0.1, -0.05) is 18.2 Å². The van der Waals surface area contributed by atoms with Gasteiger partial charge in [-0.25, -0.2) is 24.5 Å². The molecule has 8 nitrogen and oxygen atoms in total. The summed E-state index contributed by atoms with van der Waals surface area (Å²) in [5, 5.41) is 10.7. The highest BCUT2D eigenvalue weighted by atomic mass is 32.1. The molecule has 0 unspecified atom stereocenters. The summed E-state index contributed by atoms with van der Waals surface area (Å²) in [7, 11) is 0. The number of halogens is 3. The number of nitrogens with zero attached hydrogens (tertiary/aromatic N) is 8. The molecule has 1 aromatic carbocycles. The van der Waals surface area contributed by atoms with Crippen LogP contribution in [-0.4, -0.2) is 39.3 Å². The minimum atomic E-state index is -4.54. The molecule has 6 heterocycles. The van der Waals surface area contributed by atoms with Gasteiger partial charge in [-0.2, -0.15) is 18.3 Å². The van der Waals surface area contributed by atoms with Crippen LogP contribution in [0.4, 0.5) is 13.2 Å². The average molecular weight is 545 g/mol. The smallest absolute Gasteiger partial charge is 0.269 e. The van der Waals surface area contributed by atoms with E-state index < -0.39 is 11.9 Å². The Labute approximate surface area is 222 Å². The Bertz CT molecular complexity index is 2090. The van der Waals surface area contributed by atoms with Gasteiger partial charge in [-0.05, 0) is 44.5 Å². The second-order valence-corrected chi connectivity index (χ2v) is 10.3. The maximum atomic E-state index is 13.4. The van der Waals surface area contributed by atoms with Crippen LogP contribution in [0.1, 0.15) is 23.9 Å². The van der Waals surface area contributed by atoms with Crippen molar-refractivity contribution in [3.8, 4) is 22.6 Å². The standard InChI is InChI=1S/C27H19F3N8S/c1-4-37-14(3)17(11-32-37)19-10-16(15-7-5-6-8-18(15)33-19)24-35-25-23-22(31-12-38(25)36-24)21-13(2)9-20(27(28,29)30)34-26(21)39-23/h5-12H,4H2,1-3H3. The van der Waals surface area contributed by atoms with E-state index in [2.05, 4.69) is 15.1 Å². The number of pyridine rings is 2. The average Bonchev–Trinajstić information content (AvgIpc) is 3.61. The first kappa shape index (κ1) is 23.7. The van der Waals surface area contributed by atoms with E-state index in [9.17, 15) is 13.2 Å². The molecule has 6 aromatic heterocycles. The summed E-state index contributed by atoms with van der Waals surface area (Å²) in [5.74, 6) is 0.461. The zero-order valence-electron chi connectivity index (χ0n) is 20.9. The van der Waals surface area contributed by atoms with Crippen molar-refractivity contribution in [1.29, 1.82) is 0 Å². The van der Waals surface area contributed by atoms with Crippen molar-refractivity contribution < 1.29 is 13.2 Å². The molecule has 0 saturated carbocycles. The van der Waals surface area contributed by atoms with Crippen molar-refractivity contribution >= 4 is 48.3 Å². The number of rotatable bonds is 3. The van der Waals surface area contributed by atoms with E-state index in [1.807, 2.05) is 55.1 Å². The third-order valence-electron chi connectivity index (χ3n) is 6.89. The number of aromatic nitrogens is 8. The Morgan fingerprint density at radius 1 is 1.00 bits per heavy atom. The van der Waals surface area contributed by atoms with Gasteiger partial charge in [0, 0.05) is 34.1 Å². The first-order chi connectivity index (χ1) is 18.7. The number of para-hydroxylation sites is 1. The second kappa shape index (κ2) is 8.27. The zero-order valence-corrected chi connectivity index (χ0v) is 21.8. The van der Waals surface area contributed by atoms with Crippen LogP contribution < -0.4 is 0 Å². The maximum absolute atomic E-state index is 13.4. The van der Waals surface area contributed by atoms with Gasteiger partial charge in [0.25, 0.3) is 0 Å². The van der Waals surface area contributed by atoms with E-state index in [0.29, 0.717) is 32.6 Å². The van der Waals surface area contributed by atoms with Gasteiger partial charge in [0.1, 0.15) is 21.6 Å². The van der Waals surface area contributed by atoms with Crippen molar-refractivity contribution in [2.75, 3.05) is 0 Å². The van der Waals surface area contributed by atoms with Gasteiger partial charge in [0.2, 0.25) is 0 Å². The lowest BCUT2D eigenvalue weighted by atomic mass is 10.0. The molecule has 194 valence electrons. The summed E-state index contributed by atoms with van der Waals surface area (Å²) in [6.07, 6.45) is -1.19. The molecule has 0 amide bonds. The lowest BCUT2D eigenvalue weighted by molar-refractivity contribution is -0.141. The molecule has 7 rings (SSSR count). The van der Waals surface area contributed by atoms with Crippen molar-refractivity contribution in [3.05, 3.63) is 65.9 Å². The molecule has 0 atom stereocenters. The van der Waals surface area contributed by atoms with E-state index in [0.717, 1.165) is 57.4 Å². The largest absolute Gasteiger partial charge is 0.433 e. The molecule has 0 aliphatic carbocycles. The van der Waals surface area contributed by atoms with E-state index in [1.54, 1.807) is 11.4 Å². The summed E-state index contributed by atoms with van der Waals surface area (Å²) in [6.45, 7) is 6.43. The molecule has 0 radical (unpaired) electrons. The van der Waals surface area contributed by atoms with Crippen LogP contribution in [0.15, 0.2) is 48.9 Å². The fourth-order valence-electron chi connectivity index (χ4n) is 4.98. The summed E-state index contributed by atoms with van der Waals surface area (Å²) in [6, 6.07) is 10.8. The Kier molecular flexibility index (Phi) is 5.02. The van der Waals surface area contributed by atoms with Crippen LogP contribution in [0.5, 0.6) is 0 Å². The van der Waals surface area contributed by atoms with Crippen LogP contribution in [-0.2, 0) is 12.7 Å². The molecule has 39 heavy (non-hydrogen) atoms. The fraction of sp³-hybridized carbons (Fsp3) is 0.185. The molecule has 7 aromatic rings. The number of aryl methyl sites for hydroxylation is 2. The van der Waals surface area contributed by atoms with E-state index in [-0.39, 0.29) is 4.83 Å². The van der Waals surface area contributed by atoms with E-state index >= 15 is 0 Å². The number of hydrogen-bond donors (Lipinski definition) is 0. The van der Waals surface area contributed by atoms with Crippen LogP contribution in [0, 0.1) is 13.8 Å². The van der Waals surface area contributed by atoms with Crippen LogP contribution in [0.3, 0.4) is 0 Å². The SMILES string of the molecule is CCn1ncc(-c2cc(-c3nc4c5sc6nc(C(F)(F)F)cc(C)c6c5ncn4n3)c3ccccc3n2)c1C. The number of benzene rings is 1. The molecular weight excluding hydrogens is 525 g/mol. The highest BCUT2D eigenvalue weighted by molar-refractivity contribution is 7.26. The first-order valence-electron chi connectivity index (χ1n) is 12.2. The fourth-order valence-corrected chi connectivity index (χ4v) is 6.16. The molecule has 0 saturated heterocycles. The van der Waals surface area contributed by atoms with Gasteiger partial charge in [-0.3, -0.25) is 4.68 Å². The maximum Gasteiger partial charge on any atom is 0.433 e. The van der Waals surface area contributed by atoms with E-state index in [4.69, 9.17) is 15.1 Å². The first-order valence-corrected chi connectivity index (χ1v) is 13.0. The third kappa shape index (κ3) is 3.58. The van der Waals surface area contributed by atoms with Crippen LogP contribution in [0.2, 0.25) is 0 Å². The number of fused-ring (bicyclic) bond motifs is 6. The Morgan fingerprint density at radius 3 is 2.59 bits per heavy atom. The minimum absolute atomic E-state index is 0.266. The molecule has 12 heteroatoms. The highest BCUT2D eigenvalue weighted by Gasteiger charge is 2.34. The zero-order chi connectivity index (χ0) is 27.1. The summed E-state index contributed by atoms with van der Waals surface area (Å²) >= 11 is 1.13. The molecular formula is C27H19F3N8S. The highest BCUT2D eigenvalue weighted by Crippen LogP contribution is 2.39. The minimum Gasteiger partial charge on any atom is -0.269 e. The Hall–Kier alpha value is -4.45. The molecule has 0 bridgehead atoms. The van der Waals surface area contributed by atoms with Crippen molar-refractivity contribution in [1.82, 2.24) is 39.3 Å². The van der Waals surface area contributed by atoms with Crippen molar-refractivity contribution in [2.45, 2.75) is 33.5 Å². The van der Waals surface area contributed by atoms with Gasteiger partial charge in [0.05, 0.1) is 22.9 Å². The van der Waals surface area contributed by atoms with Gasteiger partial charge in [0.15, 0.2) is 11.5 Å². The van der Waals surface area contributed by atoms with Crippen LogP contribution in [0.25, 0.3) is 59.6 Å². The van der Waals surface area contributed by atoms with Gasteiger partial charge in [-0.15, -0.1) is 16.4 Å². The quantitative estimate of drug-likeness (QED) is 0.248. The topological polar surface area (TPSA) is 86.7 Å². The van der Waals surface area contributed by atoms with E-state index in [1.165, 1.54) is 6.33 Å². The van der Waals surface area contributed by atoms with Gasteiger partial charge < -0.3 is 0 Å². The number of alkyl halides is 3. The molecule has 0 N–H and O–H groups in total. The molecule has 0 spiro atoms. The third-order valence-corrected chi connectivity index (χ3v) is 7.96. The Balaban J connectivity index is 1.47. The molecule has 0 fully saturated rings. The summed E-state index contributed by atoms with van der Waals surface area (Å²) in [5.41, 5.74) is 4.85. The van der Waals surface area contributed by atoms with Crippen molar-refractivity contribution in [3.63, 3.8) is 0 Å². The van der Waals surface area contributed by atoms with Crippen LogP contribution >= 0.6 is 11.3 Å². The second-order valence-electron chi connectivity index (χ2n) is 9.26.